The van der Waals surface area contributed by atoms with E-state index in [1.165, 1.54) is 0 Å². The van der Waals surface area contributed by atoms with Crippen LogP contribution in [0.3, 0.4) is 0 Å². The number of hydrogen-bond donors (Lipinski definition) is 2. The first-order valence-corrected chi connectivity index (χ1v) is 8.07. The molecule has 0 atom stereocenters. The maximum Gasteiger partial charge on any atom is 0.407 e. The minimum atomic E-state index is -0.431. The third-order valence-corrected chi connectivity index (χ3v) is 3.07. The van der Waals surface area contributed by atoms with Gasteiger partial charge in [0.25, 0.3) is 0 Å². The first-order valence-electron chi connectivity index (χ1n) is 8.07. The van der Waals surface area contributed by atoms with E-state index in [2.05, 4.69) is 43.2 Å². The molecule has 0 aromatic rings. The molecule has 2 N–H and O–H groups in total. The molecule has 0 aliphatic heterocycles. The van der Waals surface area contributed by atoms with E-state index in [-0.39, 0.29) is 6.09 Å². The van der Waals surface area contributed by atoms with Crippen LogP contribution in [0.15, 0.2) is 0 Å². The average molecular weight is 301 g/mol. The first kappa shape index (κ1) is 20.2. The Kier molecular flexibility index (Phi) is 9.62. The molecule has 0 fully saturated rings. The zero-order valence-electron chi connectivity index (χ0n) is 15.0. The van der Waals surface area contributed by atoms with Gasteiger partial charge in [-0.3, -0.25) is 4.90 Å². The number of nitrogens with zero attached hydrogens (tertiary/aromatic N) is 1. The van der Waals surface area contributed by atoms with Gasteiger partial charge < -0.3 is 15.4 Å². The van der Waals surface area contributed by atoms with Gasteiger partial charge in [-0.1, -0.05) is 0 Å². The van der Waals surface area contributed by atoms with Gasteiger partial charge in [0.15, 0.2) is 0 Å². The molecule has 0 aromatic heterocycles. The lowest BCUT2D eigenvalue weighted by atomic mass is 10.2. The Hall–Kier alpha value is -0.810. The summed E-state index contributed by atoms with van der Waals surface area (Å²) in [5.74, 6) is 0. The summed E-state index contributed by atoms with van der Waals surface area (Å²) in [5, 5.41) is 6.18. The van der Waals surface area contributed by atoms with Crippen LogP contribution in [0.1, 0.15) is 54.9 Å². The Morgan fingerprint density at radius 2 is 1.62 bits per heavy atom. The van der Waals surface area contributed by atoms with Gasteiger partial charge in [0.1, 0.15) is 5.60 Å². The molecule has 0 aliphatic carbocycles. The number of amides is 1. The Morgan fingerprint density at radius 3 is 2.10 bits per heavy atom. The van der Waals surface area contributed by atoms with Crippen LogP contribution < -0.4 is 10.6 Å². The molecule has 21 heavy (non-hydrogen) atoms. The van der Waals surface area contributed by atoms with Gasteiger partial charge >= 0.3 is 6.09 Å². The predicted octanol–water partition coefficient (Wildman–Crippen LogP) is 2.61. The van der Waals surface area contributed by atoms with Crippen LogP contribution in [0, 0.1) is 0 Å². The largest absolute Gasteiger partial charge is 0.444 e. The Balaban J connectivity index is 3.58. The van der Waals surface area contributed by atoms with Crippen molar-refractivity contribution in [3.05, 3.63) is 0 Å². The van der Waals surface area contributed by atoms with Crippen LogP contribution in [0.4, 0.5) is 4.79 Å². The second kappa shape index (κ2) is 10.0. The fraction of sp³-hybridized carbons (Fsp3) is 0.938. The minimum Gasteiger partial charge on any atom is -0.444 e. The fourth-order valence-electron chi connectivity index (χ4n) is 2.16. The molecule has 0 saturated carbocycles. The molecule has 126 valence electrons. The monoisotopic (exact) mass is 301 g/mol. The molecule has 0 rings (SSSR count). The van der Waals surface area contributed by atoms with Gasteiger partial charge in [0.2, 0.25) is 0 Å². The van der Waals surface area contributed by atoms with E-state index in [0.29, 0.717) is 18.6 Å². The summed E-state index contributed by atoms with van der Waals surface area (Å²) in [6, 6.07) is 1.14. The second-order valence-corrected chi connectivity index (χ2v) is 6.96. The molecule has 0 saturated heterocycles. The van der Waals surface area contributed by atoms with Crippen molar-refractivity contribution in [3.63, 3.8) is 0 Å². The Morgan fingerprint density at radius 1 is 1.05 bits per heavy atom. The molecule has 0 spiro atoms. The summed E-state index contributed by atoms with van der Waals surface area (Å²) < 4.78 is 5.17. The summed E-state index contributed by atoms with van der Waals surface area (Å²) in [4.78, 5) is 13.9. The van der Waals surface area contributed by atoms with Crippen LogP contribution in [0.5, 0.6) is 0 Å². The molecule has 5 nitrogen and oxygen atoms in total. The normalized spacial score (nSPS) is 12.3. The van der Waals surface area contributed by atoms with Gasteiger partial charge in [-0.2, -0.15) is 0 Å². The quantitative estimate of drug-likeness (QED) is 0.643. The third-order valence-electron chi connectivity index (χ3n) is 3.07. The highest BCUT2D eigenvalue weighted by Gasteiger charge is 2.15. The van der Waals surface area contributed by atoms with Gasteiger partial charge in [0.05, 0.1) is 0 Å². The lowest BCUT2D eigenvalue weighted by Crippen LogP contribution is -2.41. The maximum atomic E-state index is 11.4. The number of carbonyl (C=O) groups is 1. The van der Waals surface area contributed by atoms with Gasteiger partial charge in [0, 0.05) is 31.7 Å². The lowest BCUT2D eigenvalue weighted by molar-refractivity contribution is 0.0527. The maximum absolute atomic E-state index is 11.4. The zero-order chi connectivity index (χ0) is 16.5. The molecule has 0 unspecified atom stereocenters. The van der Waals surface area contributed by atoms with Crippen molar-refractivity contribution in [1.29, 1.82) is 0 Å². The Labute approximate surface area is 130 Å². The van der Waals surface area contributed by atoms with Crippen molar-refractivity contribution in [1.82, 2.24) is 15.5 Å². The predicted molar refractivity (Wildman–Crippen MR) is 88.7 cm³/mol. The first-order chi connectivity index (χ1) is 9.63. The van der Waals surface area contributed by atoms with Gasteiger partial charge in [-0.25, -0.2) is 4.79 Å². The molecular weight excluding hydrogens is 266 g/mol. The SMILES string of the molecule is CC(C)N(CCNCCCNC(=O)OC(C)(C)C)C(C)C. The molecule has 1 amide bonds. The number of alkyl carbamates (subject to hydrolysis) is 1. The van der Waals surface area contributed by atoms with E-state index < -0.39 is 5.60 Å². The van der Waals surface area contributed by atoms with E-state index in [0.717, 1.165) is 26.1 Å². The van der Waals surface area contributed by atoms with Crippen LogP contribution in [0.25, 0.3) is 0 Å². The molecule has 0 radical (unpaired) electrons. The second-order valence-electron chi connectivity index (χ2n) is 6.96. The van der Waals surface area contributed by atoms with E-state index in [1.807, 2.05) is 20.8 Å². The third kappa shape index (κ3) is 11.5. The Bertz CT molecular complexity index is 278. The molecule has 0 aromatic carbocycles. The lowest BCUT2D eigenvalue weighted by Gasteiger charge is -2.30. The van der Waals surface area contributed by atoms with Gasteiger partial charge in [-0.05, 0) is 61.4 Å². The van der Waals surface area contributed by atoms with Crippen molar-refractivity contribution < 1.29 is 9.53 Å². The fourth-order valence-corrected chi connectivity index (χ4v) is 2.16. The standard InChI is InChI=1S/C16H35N3O2/c1-13(2)19(14(3)4)12-11-17-9-8-10-18-15(20)21-16(5,6)7/h13-14,17H,8-12H2,1-7H3,(H,18,20). The van der Waals surface area contributed by atoms with E-state index in [9.17, 15) is 4.79 Å². The highest BCUT2D eigenvalue weighted by atomic mass is 16.6. The summed E-state index contributed by atoms with van der Waals surface area (Å²) in [5.41, 5.74) is -0.431. The van der Waals surface area contributed by atoms with Crippen LogP contribution in [0.2, 0.25) is 0 Å². The van der Waals surface area contributed by atoms with Gasteiger partial charge in [-0.15, -0.1) is 0 Å². The minimum absolute atomic E-state index is 0.340. The number of nitrogens with one attached hydrogen (secondary N) is 2. The number of carbonyl (C=O) groups excluding carboxylic acids is 1. The highest BCUT2D eigenvalue weighted by Crippen LogP contribution is 2.06. The van der Waals surface area contributed by atoms with E-state index in [1.54, 1.807) is 0 Å². The van der Waals surface area contributed by atoms with Crippen LogP contribution >= 0.6 is 0 Å². The van der Waals surface area contributed by atoms with Crippen molar-refractivity contribution >= 4 is 6.09 Å². The number of hydrogen-bond acceptors (Lipinski definition) is 4. The summed E-state index contributed by atoms with van der Waals surface area (Å²) in [6.45, 7) is 18.1. The molecule has 0 aliphatic rings. The molecular formula is C16H35N3O2. The summed E-state index contributed by atoms with van der Waals surface area (Å²) in [6.07, 6.45) is 0.566. The van der Waals surface area contributed by atoms with E-state index >= 15 is 0 Å². The van der Waals surface area contributed by atoms with E-state index in [4.69, 9.17) is 4.74 Å². The number of rotatable bonds is 9. The molecule has 0 heterocycles. The topological polar surface area (TPSA) is 53.6 Å². The smallest absolute Gasteiger partial charge is 0.407 e. The van der Waals surface area contributed by atoms with Crippen molar-refractivity contribution in [2.45, 2.75) is 72.6 Å². The number of ether oxygens (including phenoxy) is 1. The summed E-state index contributed by atoms with van der Waals surface area (Å²) >= 11 is 0. The van der Waals surface area contributed by atoms with Crippen LogP contribution in [-0.2, 0) is 4.74 Å². The van der Waals surface area contributed by atoms with Crippen molar-refractivity contribution in [2.24, 2.45) is 0 Å². The van der Waals surface area contributed by atoms with Crippen molar-refractivity contribution in [3.8, 4) is 0 Å². The van der Waals surface area contributed by atoms with Crippen LogP contribution in [-0.4, -0.2) is 54.9 Å². The molecule has 5 heteroatoms. The summed E-state index contributed by atoms with van der Waals surface area (Å²) in [7, 11) is 0. The average Bonchev–Trinajstić information content (AvgIpc) is 2.29. The molecule has 0 bridgehead atoms. The van der Waals surface area contributed by atoms with Crippen molar-refractivity contribution in [2.75, 3.05) is 26.2 Å². The highest BCUT2D eigenvalue weighted by molar-refractivity contribution is 5.67. The zero-order valence-corrected chi connectivity index (χ0v) is 15.0.